The molecule has 6 nitrogen and oxygen atoms in total. The van der Waals surface area contributed by atoms with Crippen LogP contribution in [0.1, 0.15) is 32.1 Å². The highest BCUT2D eigenvalue weighted by molar-refractivity contribution is 5.53. The Hall–Kier alpha value is -1.56. The van der Waals surface area contributed by atoms with Crippen LogP contribution in [0.5, 0.6) is 0 Å². The topological polar surface area (TPSA) is 93.1 Å². The number of anilines is 3. The summed E-state index contributed by atoms with van der Waals surface area (Å²) < 4.78 is 0. The van der Waals surface area contributed by atoms with Crippen LogP contribution in [0, 0.1) is 11.8 Å². The average molecular weight is 288 g/mol. The van der Waals surface area contributed by atoms with Gasteiger partial charge >= 0.3 is 0 Å². The number of rotatable bonds is 3. The molecule has 6 heteroatoms. The minimum absolute atomic E-state index is 0.239. The van der Waals surface area contributed by atoms with Gasteiger partial charge in [0.15, 0.2) is 0 Å². The van der Waals surface area contributed by atoms with Crippen LogP contribution in [-0.4, -0.2) is 35.1 Å². The van der Waals surface area contributed by atoms with Gasteiger partial charge in [-0.3, -0.25) is 0 Å². The summed E-state index contributed by atoms with van der Waals surface area (Å²) in [5.74, 6) is 3.85. The Morgan fingerprint density at radius 3 is 2.76 bits per heavy atom. The van der Waals surface area contributed by atoms with E-state index in [0.29, 0.717) is 12.0 Å². The molecule has 0 radical (unpaired) electrons. The molecule has 4 rings (SSSR count). The van der Waals surface area contributed by atoms with Gasteiger partial charge < -0.3 is 21.7 Å². The summed E-state index contributed by atoms with van der Waals surface area (Å²) in [6, 6.07) is 2.83. The quantitative estimate of drug-likeness (QED) is 0.774. The average Bonchev–Trinajstić information content (AvgIpc) is 3.14. The van der Waals surface area contributed by atoms with Crippen LogP contribution in [0.15, 0.2) is 6.07 Å². The first-order valence-corrected chi connectivity index (χ1v) is 8.09. The molecule has 3 unspecified atom stereocenters. The number of nitrogens with one attached hydrogen (secondary N) is 1. The van der Waals surface area contributed by atoms with Crippen molar-refractivity contribution in [1.82, 2.24) is 9.97 Å². The van der Waals surface area contributed by atoms with Crippen molar-refractivity contribution < 1.29 is 0 Å². The standard InChI is InChI=1S/C15H24N6/c16-11-3-4-21(8-11)14-7-13(19-15(17)20-14)18-12-6-9-1-2-10(12)5-9/h7,9-12H,1-6,8,16H2,(H3,17,18,19,20)/t9?,10-,11?,12?/m1/s1. The lowest BCUT2D eigenvalue weighted by molar-refractivity contribution is 0.439. The first-order chi connectivity index (χ1) is 10.2. The van der Waals surface area contributed by atoms with Crippen LogP contribution in [-0.2, 0) is 0 Å². The number of nitrogen functional groups attached to an aromatic ring is 1. The molecule has 2 heterocycles. The Bertz CT molecular complexity index is 533. The maximum absolute atomic E-state index is 5.98. The summed E-state index contributed by atoms with van der Waals surface area (Å²) in [5.41, 5.74) is 11.9. The predicted octanol–water partition coefficient (Wildman–Crippen LogP) is 1.20. The summed E-state index contributed by atoms with van der Waals surface area (Å²) in [5, 5.41) is 3.60. The summed E-state index contributed by atoms with van der Waals surface area (Å²) in [6.45, 7) is 1.80. The lowest BCUT2D eigenvalue weighted by atomic mass is 9.95. The molecule has 2 bridgehead atoms. The molecule has 5 N–H and O–H groups in total. The Morgan fingerprint density at radius 2 is 2.10 bits per heavy atom. The molecule has 3 fully saturated rings. The Labute approximate surface area is 125 Å². The zero-order chi connectivity index (χ0) is 14.4. The van der Waals surface area contributed by atoms with Crippen LogP contribution in [0.3, 0.4) is 0 Å². The van der Waals surface area contributed by atoms with Crippen LogP contribution < -0.4 is 21.7 Å². The molecular weight excluding hydrogens is 264 g/mol. The largest absolute Gasteiger partial charge is 0.368 e. The van der Waals surface area contributed by atoms with Crippen molar-refractivity contribution in [3.05, 3.63) is 6.07 Å². The Morgan fingerprint density at radius 1 is 1.19 bits per heavy atom. The second kappa shape index (κ2) is 5.02. The van der Waals surface area contributed by atoms with E-state index in [2.05, 4.69) is 20.2 Å². The number of fused-ring (bicyclic) bond motifs is 2. The molecule has 1 aliphatic heterocycles. The lowest BCUT2D eigenvalue weighted by Gasteiger charge is -2.24. The Balaban J connectivity index is 1.51. The summed E-state index contributed by atoms with van der Waals surface area (Å²) >= 11 is 0. The highest BCUT2D eigenvalue weighted by Gasteiger charge is 2.39. The van der Waals surface area contributed by atoms with Crippen molar-refractivity contribution in [2.24, 2.45) is 17.6 Å². The van der Waals surface area contributed by atoms with Gasteiger partial charge in [0, 0.05) is 31.2 Å². The van der Waals surface area contributed by atoms with Crippen molar-refractivity contribution >= 4 is 17.6 Å². The van der Waals surface area contributed by atoms with E-state index in [-0.39, 0.29) is 6.04 Å². The molecule has 0 spiro atoms. The van der Waals surface area contributed by atoms with E-state index in [4.69, 9.17) is 11.5 Å². The number of hydrogen-bond donors (Lipinski definition) is 3. The first-order valence-electron chi connectivity index (χ1n) is 8.09. The Kier molecular flexibility index (Phi) is 3.14. The molecule has 2 saturated carbocycles. The second-order valence-electron chi connectivity index (χ2n) is 6.89. The van der Waals surface area contributed by atoms with Crippen molar-refractivity contribution in [3.8, 4) is 0 Å². The zero-order valence-electron chi connectivity index (χ0n) is 12.3. The van der Waals surface area contributed by atoms with Gasteiger partial charge in [-0.05, 0) is 37.5 Å². The van der Waals surface area contributed by atoms with Crippen LogP contribution in [0.4, 0.5) is 17.6 Å². The van der Waals surface area contributed by atoms with Crippen LogP contribution >= 0.6 is 0 Å². The van der Waals surface area contributed by atoms with Gasteiger partial charge in [0.25, 0.3) is 0 Å². The fourth-order valence-electron chi connectivity index (χ4n) is 4.30. The highest BCUT2D eigenvalue weighted by Crippen LogP contribution is 2.45. The smallest absolute Gasteiger partial charge is 0.223 e. The predicted molar refractivity (Wildman–Crippen MR) is 84.1 cm³/mol. The first kappa shape index (κ1) is 13.1. The molecule has 114 valence electrons. The van der Waals surface area contributed by atoms with Gasteiger partial charge in [0.2, 0.25) is 5.95 Å². The molecule has 4 atom stereocenters. The van der Waals surface area contributed by atoms with E-state index in [0.717, 1.165) is 43.0 Å². The van der Waals surface area contributed by atoms with Gasteiger partial charge in [0.05, 0.1) is 0 Å². The van der Waals surface area contributed by atoms with Crippen molar-refractivity contribution in [3.63, 3.8) is 0 Å². The third-order valence-electron chi connectivity index (χ3n) is 5.35. The highest BCUT2D eigenvalue weighted by atomic mass is 15.2. The van der Waals surface area contributed by atoms with E-state index < -0.39 is 0 Å². The molecule has 0 aromatic carbocycles. The molecule has 1 aromatic heterocycles. The normalized spacial score (nSPS) is 34.6. The van der Waals surface area contributed by atoms with E-state index in [1.165, 1.54) is 25.7 Å². The molecule has 3 aliphatic rings. The summed E-state index contributed by atoms with van der Waals surface area (Å²) in [4.78, 5) is 10.9. The van der Waals surface area contributed by atoms with Crippen LogP contribution in [0.2, 0.25) is 0 Å². The van der Waals surface area contributed by atoms with Gasteiger partial charge in [0.1, 0.15) is 11.6 Å². The third-order valence-corrected chi connectivity index (χ3v) is 5.35. The van der Waals surface area contributed by atoms with E-state index in [1.54, 1.807) is 0 Å². The SMILES string of the molecule is Nc1nc(NC2CC3CC[C@@H]2C3)cc(N2CCC(N)C2)n1. The molecule has 2 aliphatic carbocycles. The van der Waals surface area contributed by atoms with E-state index in [9.17, 15) is 0 Å². The summed E-state index contributed by atoms with van der Waals surface area (Å²) in [6.07, 6.45) is 6.44. The molecule has 0 amide bonds. The molecule has 21 heavy (non-hydrogen) atoms. The van der Waals surface area contributed by atoms with Gasteiger partial charge in [-0.1, -0.05) is 6.42 Å². The maximum Gasteiger partial charge on any atom is 0.223 e. The number of nitrogens with two attached hydrogens (primary N) is 2. The van der Waals surface area contributed by atoms with E-state index in [1.807, 2.05) is 6.07 Å². The number of nitrogens with zero attached hydrogens (tertiary/aromatic N) is 3. The fourth-order valence-corrected chi connectivity index (χ4v) is 4.30. The number of aromatic nitrogens is 2. The molecule has 1 saturated heterocycles. The van der Waals surface area contributed by atoms with Gasteiger partial charge in [-0.25, -0.2) is 0 Å². The van der Waals surface area contributed by atoms with Gasteiger partial charge in [-0.2, -0.15) is 9.97 Å². The van der Waals surface area contributed by atoms with Crippen LogP contribution in [0.25, 0.3) is 0 Å². The third kappa shape index (κ3) is 2.52. The minimum atomic E-state index is 0.239. The molecular formula is C15H24N6. The van der Waals surface area contributed by atoms with Gasteiger partial charge in [-0.15, -0.1) is 0 Å². The zero-order valence-corrected chi connectivity index (χ0v) is 12.3. The lowest BCUT2D eigenvalue weighted by Crippen LogP contribution is -2.28. The summed E-state index contributed by atoms with van der Waals surface area (Å²) in [7, 11) is 0. The van der Waals surface area contributed by atoms with Crippen molar-refractivity contribution in [2.75, 3.05) is 29.0 Å². The number of hydrogen-bond acceptors (Lipinski definition) is 6. The van der Waals surface area contributed by atoms with E-state index >= 15 is 0 Å². The van der Waals surface area contributed by atoms with Crippen molar-refractivity contribution in [2.45, 2.75) is 44.2 Å². The molecule has 1 aromatic rings. The maximum atomic E-state index is 5.98. The van der Waals surface area contributed by atoms with Crippen molar-refractivity contribution in [1.29, 1.82) is 0 Å². The fraction of sp³-hybridized carbons (Fsp3) is 0.733. The minimum Gasteiger partial charge on any atom is -0.368 e. The second-order valence-corrected chi connectivity index (χ2v) is 6.89. The monoisotopic (exact) mass is 288 g/mol.